The molecule has 2 rings (SSSR count). The van der Waals surface area contributed by atoms with Gasteiger partial charge >= 0.3 is 12.1 Å². The van der Waals surface area contributed by atoms with E-state index in [0.717, 1.165) is 0 Å². The van der Waals surface area contributed by atoms with Crippen LogP contribution >= 0.6 is 0 Å². The maximum absolute atomic E-state index is 12.2. The predicted molar refractivity (Wildman–Crippen MR) is 105 cm³/mol. The van der Waals surface area contributed by atoms with E-state index in [1.54, 1.807) is 0 Å². The molecule has 31 heavy (non-hydrogen) atoms. The number of sulfonamides is 1. The summed E-state index contributed by atoms with van der Waals surface area (Å²) in [5.74, 6) is -1.52. The smallest absolute Gasteiger partial charge is 0.422 e. The van der Waals surface area contributed by atoms with Gasteiger partial charge in [-0.1, -0.05) is 18.2 Å². The Morgan fingerprint density at radius 1 is 1.03 bits per heavy atom. The molecule has 0 fully saturated rings. The van der Waals surface area contributed by atoms with Gasteiger partial charge in [0.2, 0.25) is 10.0 Å². The van der Waals surface area contributed by atoms with E-state index in [1.165, 1.54) is 60.7 Å². The third kappa shape index (κ3) is 8.22. The van der Waals surface area contributed by atoms with Crippen molar-refractivity contribution in [3.05, 3.63) is 65.7 Å². The second-order valence-corrected chi connectivity index (χ2v) is 8.00. The molecular weight excluding hydrogens is 439 g/mol. The van der Waals surface area contributed by atoms with E-state index in [2.05, 4.69) is 9.46 Å². The number of halogens is 3. The predicted octanol–water partition coefficient (Wildman–Crippen LogP) is 3.28. The monoisotopic (exact) mass is 457 g/mol. The largest absolute Gasteiger partial charge is 0.484 e. The van der Waals surface area contributed by atoms with Gasteiger partial charge in [-0.3, -0.25) is 9.59 Å². The number of carboxylic acids is 1. The Hall–Kier alpha value is -3.18. The number of aliphatic carboxylic acids is 1. The summed E-state index contributed by atoms with van der Waals surface area (Å²) in [7, 11) is -3.90. The lowest BCUT2D eigenvalue weighted by molar-refractivity contribution is -0.153. The lowest BCUT2D eigenvalue weighted by Crippen LogP contribution is -2.26. The van der Waals surface area contributed by atoms with Crippen LogP contribution < -0.4 is 9.46 Å². The number of nitrogens with one attached hydrogen (secondary N) is 1. The third-order valence-corrected chi connectivity index (χ3v) is 5.27. The molecule has 0 aliphatic carbocycles. The number of hydrogen-bond acceptors (Lipinski definition) is 5. The summed E-state index contributed by atoms with van der Waals surface area (Å²) < 4.78 is 67.3. The van der Waals surface area contributed by atoms with Crippen LogP contribution in [0.5, 0.6) is 5.75 Å². The fraction of sp³-hybridized carbons (Fsp3) is 0.200. The summed E-state index contributed by atoms with van der Waals surface area (Å²) >= 11 is 0. The number of hydrogen-bond donors (Lipinski definition) is 2. The number of benzene rings is 2. The summed E-state index contributed by atoms with van der Waals surface area (Å²) in [5, 5.41) is 8.55. The molecule has 0 unspecified atom stereocenters. The summed E-state index contributed by atoms with van der Waals surface area (Å²) in [4.78, 5) is 22.6. The number of alkyl halides is 3. The van der Waals surface area contributed by atoms with Gasteiger partial charge in [-0.05, 0) is 48.0 Å². The van der Waals surface area contributed by atoms with Gasteiger partial charge in [0.05, 0.1) is 11.3 Å². The SMILES string of the molecule is O=C(O)CCNS(=O)(=O)c1ccc(C(=O)/C=C/c2ccc(OCC(F)(F)F)cc2)cc1. The van der Waals surface area contributed by atoms with Crippen molar-refractivity contribution in [2.45, 2.75) is 17.5 Å². The van der Waals surface area contributed by atoms with Gasteiger partial charge in [-0.2, -0.15) is 13.2 Å². The average molecular weight is 457 g/mol. The normalized spacial score (nSPS) is 12.1. The summed E-state index contributed by atoms with van der Waals surface area (Å²) in [5.41, 5.74) is 0.764. The Balaban J connectivity index is 1.97. The molecule has 0 amide bonds. The zero-order valence-corrected chi connectivity index (χ0v) is 16.7. The highest BCUT2D eigenvalue weighted by atomic mass is 32.2. The van der Waals surface area contributed by atoms with E-state index in [1.807, 2.05) is 0 Å². The van der Waals surface area contributed by atoms with Crippen LogP contribution in [0.25, 0.3) is 6.08 Å². The Labute approximate surface area is 176 Å². The molecule has 0 atom stereocenters. The Kier molecular flexibility index (Phi) is 7.95. The molecule has 0 heterocycles. The number of rotatable bonds is 10. The minimum absolute atomic E-state index is 0.0366. The fourth-order valence-electron chi connectivity index (χ4n) is 2.28. The van der Waals surface area contributed by atoms with Crippen molar-refractivity contribution in [3.8, 4) is 5.75 Å². The van der Waals surface area contributed by atoms with Crippen LogP contribution in [0.4, 0.5) is 13.2 Å². The van der Waals surface area contributed by atoms with Gasteiger partial charge in [0, 0.05) is 12.1 Å². The second-order valence-electron chi connectivity index (χ2n) is 6.24. The molecule has 0 saturated heterocycles. The van der Waals surface area contributed by atoms with Crippen LogP contribution in [-0.2, 0) is 14.8 Å². The highest BCUT2D eigenvalue weighted by Gasteiger charge is 2.28. The van der Waals surface area contributed by atoms with Crippen LogP contribution in [0.2, 0.25) is 0 Å². The molecule has 0 radical (unpaired) electrons. The van der Waals surface area contributed by atoms with Crippen LogP contribution in [0.15, 0.2) is 59.5 Å². The van der Waals surface area contributed by atoms with Gasteiger partial charge in [0.1, 0.15) is 5.75 Å². The molecule has 7 nitrogen and oxygen atoms in total. The van der Waals surface area contributed by atoms with Crippen molar-refractivity contribution in [3.63, 3.8) is 0 Å². The van der Waals surface area contributed by atoms with Gasteiger partial charge in [-0.25, -0.2) is 13.1 Å². The van der Waals surface area contributed by atoms with E-state index in [0.29, 0.717) is 5.56 Å². The van der Waals surface area contributed by atoms with Gasteiger partial charge in [0.25, 0.3) is 0 Å². The Morgan fingerprint density at radius 3 is 2.19 bits per heavy atom. The van der Waals surface area contributed by atoms with Crippen molar-refractivity contribution in [2.75, 3.05) is 13.2 Å². The molecule has 0 spiro atoms. The number of carbonyl (C=O) groups is 2. The van der Waals surface area contributed by atoms with Crippen LogP contribution in [-0.4, -0.2) is 44.6 Å². The van der Waals surface area contributed by atoms with Crippen LogP contribution in [0.3, 0.4) is 0 Å². The standard InChI is InChI=1S/C20H18F3NO6S/c21-20(22,23)13-30-16-6-1-14(2-7-16)3-10-18(25)15-4-8-17(9-5-15)31(28,29)24-12-11-19(26)27/h1-10,24H,11-13H2,(H,26,27)/b10-3+. The van der Waals surface area contributed by atoms with Crippen LogP contribution in [0.1, 0.15) is 22.3 Å². The summed E-state index contributed by atoms with van der Waals surface area (Å²) in [6.45, 7) is -1.66. The zero-order chi connectivity index (χ0) is 23.1. The maximum atomic E-state index is 12.2. The van der Waals surface area contributed by atoms with Crippen LogP contribution in [0, 0.1) is 0 Å². The Morgan fingerprint density at radius 2 is 1.65 bits per heavy atom. The molecular formula is C20H18F3NO6S. The molecule has 2 aromatic carbocycles. The van der Waals surface area contributed by atoms with Gasteiger partial charge in [0.15, 0.2) is 12.4 Å². The molecule has 166 valence electrons. The van der Waals surface area contributed by atoms with E-state index >= 15 is 0 Å². The number of ketones is 1. The lowest BCUT2D eigenvalue weighted by atomic mass is 10.1. The van der Waals surface area contributed by atoms with Crippen molar-refractivity contribution in [2.24, 2.45) is 0 Å². The Bertz CT molecular complexity index is 1050. The van der Waals surface area contributed by atoms with E-state index in [-0.39, 0.29) is 29.2 Å². The molecule has 11 heteroatoms. The fourth-order valence-corrected chi connectivity index (χ4v) is 3.31. The van der Waals surface area contributed by atoms with Crippen molar-refractivity contribution in [1.82, 2.24) is 4.72 Å². The van der Waals surface area contributed by atoms with Crippen molar-refractivity contribution >= 4 is 27.9 Å². The quantitative estimate of drug-likeness (QED) is 0.419. The molecule has 2 N–H and O–H groups in total. The average Bonchev–Trinajstić information content (AvgIpc) is 2.70. The van der Waals surface area contributed by atoms with Crippen molar-refractivity contribution < 1.29 is 41.0 Å². The molecule has 0 aromatic heterocycles. The molecule has 0 bridgehead atoms. The number of ether oxygens (including phenoxy) is 1. The van der Waals surface area contributed by atoms with Gasteiger partial charge in [-0.15, -0.1) is 0 Å². The first-order valence-electron chi connectivity index (χ1n) is 8.80. The van der Waals surface area contributed by atoms with E-state index in [4.69, 9.17) is 5.11 Å². The van der Waals surface area contributed by atoms with E-state index in [9.17, 15) is 31.2 Å². The van der Waals surface area contributed by atoms with Gasteiger partial charge < -0.3 is 9.84 Å². The number of carbonyl (C=O) groups excluding carboxylic acids is 1. The summed E-state index contributed by atoms with van der Waals surface area (Å²) in [6.07, 6.45) is -2.11. The maximum Gasteiger partial charge on any atom is 0.422 e. The first-order valence-corrected chi connectivity index (χ1v) is 10.3. The molecule has 0 saturated carbocycles. The molecule has 2 aromatic rings. The van der Waals surface area contributed by atoms with Crippen molar-refractivity contribution in [1.29, 1.82) is 0 Å². The minimum atomic E-state index is -4.44. The number of allylic oxidation sites excluding steroid dienone is 1. The first-order chi connectivity index (χ1) is 14.5. The highest BCUT2D eigenvalue weighted by molar-refractivity contribution is 7.89. The lowest BCUT2D eigenvalue weighted by Gasteiger charge is -2.08. The van der Waals surface area contributed by atoms with E-state index < -0.39 is 34.6 Å². The third-order valence-electron chi connectivity index (χ3n) is 3.79. The zero-order valence-electron chi connectivity index (χ0n) is 15.9. The minimum Gasteiger partial charge on any atom is -0.484 e. The first kappa shape index (κ1) is 24.1. The second kappa shape index (κ2) is 10.2. The molecule has 0 aliphatic rings. The highest BCUT2D eigenvalue weighted by Crippen LogP contribution is 2.19. The summed E-state index contributed by atoms with van der Waals surface area (Å²) in [6, 6.07) is 10.7. The molecule has 0 aliphatic heterocycles. The number of carboxylic acid groups (broad SMARTS) is 1. The topological polar surface area (TPSA) is 110 Å².